The molecule has 1 aliphatic carbocycles. The second-order valence-electron chi connectivity index (χ2n) is 9.19. The summed E-state index contributed by atoms with van der Waals surface area (Å²) in [6, 6.07) is 5.34. The zero-order valence-electron chi connectivity index (χ0n) is 19.7. The van der Waals surface area contributed by atoms with Crippen LogP contribution in [0.3, 0.4) is 0 Å². The van der Waals surface area contributed by atoms with E-state index in [0.717, 1.165) is 19.3 Å². The summed E-state index contributed by atoms with van der Waals surface area (Å²) in [5.41, 5.74) is -0.500. The quantitative estimate of drug-likeness (QED) is 0.474. The van der Waals surface area contributed by atoms with Crippen LogP contribution in [0.25, 0.3) is 0 Å². The number of nitrogens with zero attached hydrogens (tertiary/aromatic N) is 3. The molecule has 3 fully saturated rings. The lowest BCUT2D eigenvalue weighted by Gasteiger charge is -2.38. The first-order valence-electron chi connectivity index (χ1n) is 11.8. The molecule has 34 heavy (non-hydrogen) atoms. The smallest absolute Gasteiger partial charge is 0.338 e. The zero-order chi connectivity index (χ0) is 24.5. The van der Waals surface area contributed by atoms with Crippen LogP contribution >= 0.6 is 0 Å². The number of ether oxygens (including phenoxy) is 1. The van der Waals surface area contributed by atoms with Crippen molar-refractivity contribution >= 4 is 27.9 Å². The maximum atomic E-state index is 13.2. The van der Waals surface area contributed by atoms with Gasteiger partial charge in [0.25, 0.3) is 5.91 Å². The van der Waals surface area contributed by atoms with Crippen molar-refractivity contribution in [2.75, 3.05) is 39.5 Å². The number of esters is 1. The lowest BCUT2D eigenvalue weighted by molar-refractivity contribution is -0.135. The molecular formula is C23H32N4O6S. The number of sulfonamides is 1. The Labute approximate surface area is 200 Å². The van der Waals surface area contributed by atoms with E-state index in [0.29, 0.717) is 25.1 Å². The molecule has 1 N–H and O–H groups in total. The molecule has 0 aromatic heterocycles. The van der Waals surface area contributed by atoms with Crippen molar-refractivity contribution in [1.29, 1.82) is 0 Å². The molecule has 11 heteroatoms. The van der Waals surface area contributed by atoms with Gasteiger partial charge in [-0.3, -0.25) is 9.69 Å². The summed E-state index contributed by atoms with van der Waals surface area (Å²) in [6.45, 7) is 5.41. The predicted octanol–water partition coefficient (Wildman–Crippen LogP) is 1.63. The van der Waals surface area contributed by atoms with Crippen LogP contribution in [0.4, 0.5) is 4.79 Å². The molecule has 1 aromatic carbocycles. The van der Waals surface area contributed by atoms with E-state index in [2.05, 4.69) is 5.32 Å². The summed E-state index contributed by atoms with van der Waals surface area (Å²) in [6.07, 6.45) is 3.56. The molecule has 0 radical (unpaired) electrons. The van der Waals surface area contributed by atoms with E-state index in [9.17, 15) is 22.8 Å². The first kappa shape index (κ1) is 24.6. The SMILES string of the molecule is CCOC(=O)c1ccc(S(=O)(=O)N2CCN(CN3C(=O)N[C@@]4(CCCC[C@@H]4C)C3=O)CC2)cc1. The third-order valence-corrected chi connectivity index (χ3v) is 9.09. The van der Waals surface area contributed by atoms with Crippen LogP contribution in [0, 0.1) is 5.92 Å². The van der Waals surface area contributed by atoms with E-state index >= 15 is 0 Å². The van der Waals surface area contributed by atoms with Gasteiger partial charge < -0.3 is 10.1 Å². The molecule has 2 aliphatic heterocycles. The fourth-order valence-corrected chi connectivity index (χ4v) is 6.48. The topological polar surface area (TPSA) is 116 Å². The van der Waals surface area contributed by atoms with Gasteiger partial charge in [-0.25, -0.2) is 22.9 Å². The normalized spacial score (nSPS) is 26.6. The molecule has 1 spiro atoms. The monoisotopic (exact) mass is 492 g/mol. The lowest BCUT2D eigenvalue weighted by atomic mass is 9.73. The van der Waals surface area contributed by atoms with Crippen LogP contribution in [0.1, 0.15) is 49.9 Å². The summed E-state index contributed by atoms with van der Waals surface area (Å²) >= 11 is 0. The molecule has 4 rings (SSSR count). The Morgan fingerprint density at radius 2 is 1.79 bits per heavy atom. The van der Waals surface area contributed by atoms with Gasteiger partial charge >= 0.3 is 12.0 Å². The molecule has 2 heterocycles. The van der Waals surface area contributed by atoms with Crippen LogP contribution in [0.15, 0.2) is 29.2 Å². The number of rotatable bonds is 6. The molecule has 0 unspecified atom stereocenters. The molecule has 186 valence electrons. The van der Waals surface area contributed by atoms with Gasteiger partial charge in [0.1, 0.15) is 5.54 Å². The number of amides is 3. The Bertz CT molecular complexity index is 1050. The lowest BCUT2D eigenvalue weighted by Crippen LogP contribution is -2.55. The summed E-state index contributed by atoms with van der Waals surface area (Å²) < 4.78 is 32.4. The van der Waals surface area contributed by atoms with Crippen LogP contribution in [-0.2, 0) is 19.6 Å². The van der Waals surface area contributed by atoms with Gasteiger partial charge in [-0.15, -0.1) is 0 Å². The molecule has 1 saturated carbocycles. The van der Waals surface area contributed by atoms with Crippen LogP contribution in [0.5, 0.6) is 0 Å². The van der Waals surface area contributed by atoms with Gasteiger partial charge in [-0.1, -0.05) is 19.8 Å². The van der Waals surface area contributed by atoms with Crippen molar-refractivity contribution < 1.29 is 27.5 Å². The van der Waals surface area contributed by atoms with Crippen molar-refractivity contribution in [3.63, 3.8) is 0 Å². The van der Waals surface area contributed by atoms with Crippen LogP contribution < -0.4 is 5.32 Å². The number of hydrogen-bond donors (Lipinski definition) is 1. The molecule has 2 atom stereocenters. The van der Waals surface area contributed by atoms with Gasteiger partial charge in [0.05, 0.1) is 23.7 Å². The maximum Gasteiger partial charge on any atom is 0.338 e. The standard InChI is InChI=1S/C23H32N4O6S/c1-3-33-20(28)18-7-9-19(10-8-18)34(31,32)26-14-12-25(13-15-26)16-27-21(29)23(24-22(27)30)11-5-4-6-17(23)2/h7-10,17H,3-6,11-16H2,1-2H3,(H,24,30)/t17-,23+/m0/s1. The second-order valence-corrected chi connectivity index (χ2v) is 11.1. The Morgan fingerprint density at radius 3 is 2.41 bits per heavy atom. The summed E-state index contributed by atoms with van der Waals surface area (Å²) in [5.74, 6) is -0.564. The molecule has 3 amide bonds. The third kappa shape index (κ3) is 4.44. The molecule has 2 saturated heterocycles. The van der Waals surface area contributed by atoms with Gasteiger partial charge in [0.2, 0.25) is 10.0 Å². The third-order valence-electron chi connectivity index (χ3n) is 7.18. The minimum absolute atomic E-state index is 0.0971. The van der Waals surface area contributed by atoms with Crippen molar-refractivity contribution in [3.8, 4) is 0 Å². The largest absolute Gasteiger partial charge is 0.462 e. The van der Waals surface area contributed by atoms with E-state index in [1.54, 1.807) is 6.92 Å². The molecule has 1 aromatic rings. The van der Waals surface area contributed by atoms with E-state index in [-0.39, 0.29) is 49.1 Å². The fraction of sp³-hybridized carbons (Fsp3) is 0.609. The number of piperazine rings is 1. The number of nitrogens with one attached hydrogen (secondary N) is 1. The number of imide groups is 1. The Balaban J connectivity index is 1.36. The first-order valence-corrected chi connectivity index (χ1v) is 13.3. The second kappa shape index (κ2) is 9.63. The Morgan fingerprint density at radius 1 is 1.12 bits per heavy atom. The van der Waals surface area contributed by atoms with Gasteiger partial charge in [-0.2, -0.15) is 4.31 Å². The summed E-state index contributed by atoms with van der Waals surface area (Å²) in [7, 11) is -3.72. The van der Waals surface area contributed by atoms with E-state index < -0.39 is 21.5 Å². The van der Waals surface area contributed by atoms with E-state index in [1.165, 1.54) is 33.5 Å². The summed E-state index contributed by atoms with van der Waals surface area (Å²) in [5, 5.41) is 2.95. The van der Waals surface area contributed by atoms with Crippen molar-refractivity contribution in [2.45, 2.75) is 50.0 Å². The number of carbonyl (C=O) groups excluding carboxylic acids is 3. The van der Waals surface area contributed by atoms with Gasteiger partial charge in [0.15, 0.2) is 0 Å². The number of carbonyl (C=O) groups is 3. The molecule has 10 nitrogen and oxygen atoms in total. The average Bonchev–Trinajstić information content (AvgIpc) is 3.06. The van der Waals surface area contributed by atoms with Gasteiger partial charge in [-0.05, 0) is 49.9 Å². The number of hydrogen-bond acceptors (Lipinski definition) is 7. The Kier molecular flexibility index (Phi) is 6.97. The number of urea groups is 1. The number of benzene rings is 1. The van der Waals surface area contributed by atoms with E-state index in [1.807, 2.05) is 11.8 Å². The van der Waals surface area contributed by atoms with Gasteiger partial charge in [0, 0.05) is 26.2 Å². The fourth-order valence-electron chi connectivity index (χ4n) is 5.06. The summed E-state index contributed by atoms with van der Waals surface area (Å²) in [4.78, 5) is 40.9. The van der Waals surface area contributed by atoms with Crippen molar-refractivity contribution in [3.05, 3.63) is 29.8 Å². The zero-order valence-corrected chi connectivity index (χ0v) is 20.5. The van der Waals surface area contributed by atoms with Crippen LogP contribution in [0.2, 0.25) is 0 Å². The highest BCUT2D eigenvalue weighted by Crippen LogP contribution is 2.38. The highest BCUT2D eigenvalue weighted by Gasteiger charge is 2.55. The predicted molar refractivity (Wildman–Crippen MR) is 123 cm³/mol. The minimum atomic E-state index is -3.72. The Hall–Kier alpha value is -2.50. The van der Waals surface area contributed by atoms with Crippen LogP contribution in [-0.4, -0.2) is 85.4 Å². The van der Waals surface area contributed by atoms with Crippen molar-refractivity contribution in [2.24, 2.45) is 5.92 Å². The van der Waals surface area contributed by atoms with E-state index in [4.69, 9.17) is 4.74 Å². The minimum Gasteiger partial charge on any atom is -0.462 e. The van der Waals surface area contributed by atoms with Crippen molar-refractivity contribution in [1.82, 2.24) is 19.4 Å². The first-order chi connectivity index (χ1) is 16.2. The molecule has 0 bridgehead atoms. The molecule has 3 aliphatic rings. The molecular weight excluding hydrogens is 460 g/mol. The average molecular weight is 493 g/mol. The maximum absolute atomic E-state index is 13.2. The highest BCUT2D eigenvalue weighted by molar-refractivity contribution is 7.89. The highest BCUT2D eigenvalue weighted by atomic mass is 32.2.